The van der Waals surface area contributed by atoms with E-state index in [4.69, 9.17) is 5.11 Å². The molecule has 0 radical (unpaired) electrons. The number of carbonyl (C=O) groups is 2. The van der Waals surface area contributed by atoms with Crippen LogP contribution in [0.1, 0.15) is 25.8 Å². The Balaban J connectivity index is 2.78. The van der Waals surface area contributed by atoms with Crippen molar-refractivity contribution in [3.63, 3.8) is 0 Å². The molecule has 0 aliphatic heterocycles. The Bertz CT molecular complexity index is 505. The number of carboxylic acid groups (broad SMARTS) is 1. The van der Waals surface area contributed by atoms with E-state index in [1.54, 1.807) is 13.0 Å². The van der Waals surface area contributed by atoms with Gasteiger partial charge in [0.25, 0.3) is 0 Å². The first-order valence-corrected chi connectivity index (χ1v) is 6.66. The summed E-state index contributed by atoms with van der Waals surface area (Å²) in [6.07, 6.45) is 0.296. The molecule has 0 aliphatic rings. The number of rotatable bonds is 4. The molecule has 0 heterocycles. The lowest BCUT2D eigenvalue weighted by molar-refractivity contribution is -0.143. The Morgan fingerprint density at radius 1 is 1.42 bits per heavy atom. The summed E-state index contributed by atoms with van der Waals surface area (Å²) >= 11 is 3.34. The first kappa shape index (κ1) is 15.5. The predicted octanol–water partition coefficient (Wildman–Crippen LogP) is 3.13. The topological polar surface area (TPSA) is 78.4 Å². The van der Waals surface area contributed by atoms with Crippen molar-refractivity contribution in [1.82, 2.24) is 5.32 Å². The molecule has 1 rings (SSSR count). The summed E-state index contributed by atoms with van der Waals surface area (Å²) in [6.45, 7) is 5.11. The van der Waals surface area contributed by atoms with Crippen LogP contribution in [0.4, 0.5) is 10.5 Å². The standard InChI is InChI=1S/C13H17BrN2O3/c1-4-13(3,11(17)18)16-12(19)15-10-6-5-8(2)7-9(10)14/h5-7H,4H2,1-3H3,(H,17,18)(H2,15,16,19). The van der Waals surface area contributed by atoms with Gasteiger partial charge in [-0.2, -0.15) is 0 Å². The van der Waals surface area contributed by atoms with Gasteiger partial charge in [0.05, 0.1) is 5.69 Å². The number of halogens is 1. The normalized spacial score (nSPS) is 13.5. The first-order valence-electron chi connectivity index (χ1n) is 5.87. The third-order valence-electron chi connectivity index (χ3n) is 2.94. The van der Waals surface area contributed by atoms with Gasteiger partial charge in [0.15, 0.2) is 0 Å². The summed E-state index contributed by atoms with van der Waals surface area (Å²) in [5.41, 5.74) is 0.370. The molecule has 104 valence electrons. The van der Waals surface area contributed by atoms with Crippen LogP contribution in [0.3, 0.4) is 0 Å². The lowest BCUT2D eigenvalue weighted by atomic mass is 10.00. The van der Waals surface area contributed by atoms with Crippen LogP contribution < -0.4 is 10.6 Å². The fourth-order valence-corrected chi connectivity index (χ4v) is 2.01. The van der Waals surface area contributed by atoms with Crippen LogP contribution in [0.5, 0.6) is 0 Å². The zero-order valence-corrected chi connectivity index (χ0v) is 12.7. The minimum absolute atomic E-state index is 0.296. The number of nitrogens with one attached hydrogen (secondary N) is 2. The molecule has 0 spiro atoms. The van der Waals surface area contributed by atoms with Crippen LogP contribution in [0.15, 0.2) is 22.7 Å². The van der Waals surface area contributed by atoms with Gasteiger partial charge in [-0.25, -0.2) is 9.59 Å². The van der Waals surface area contributed by atoms with Crippen molar-refractivity contribution in [3.05, 3.63) is 28.2 Å². The van der Waals surface area contributed by atoms with E-state index in [9.17, 15) is 9.59 Å². The molecule has 2 amide bonds. The fraction of sp³-hybridized carbons (Fsp3) is 0.385. The Hall–Kier alpha value is -1.56. The van der Waals surface area contributed by atoms with Crippen molar-refractivity contribution in [3.8, 4) is 0 Å². The van der Waals surface area contributed by atoms with Crippen molar-refractivity contribution in [2.24, 2.45) is 0 Å². The average Bonchev–Trinajstić information content (AvgIpc) is 2.32. The van der Waals surface area contributed by atoms with Gasteiger partial charge in [0, 0.05) is 4.47 Å². The second-order valence-electron chi connectivity index (χ2n) is 4.55. The predicted molar refractivity (Wildman–Crippen MR) is 77.4 cm³/mol. The SMILES string of the molecule is CCC(C)(NC(=O)Nc1ccc(C)cc1Br)C(=O)O. The van der Waals surface area contributed by atoms with Gasteiger partial charge >= 0.3 is 12.0 Å². The van der Waals surface area contributed by atoms with E-state index in [-0.39, 0.29) is 0 Å². The number of aryl methyl sites for hydroxylation is 1. The molecule has 1 atom stereocenters. The Kier molecular flexibility index (Phi) is 4.94. The van der Waals surface area contributed by atoms with Gasteiger partial charge in [-0.3, -0.25) is 0 Å². The van der Waals surface area contributed by atoms with Crippen molar-refractivity contribution >= 4 is 33.6 Å². The molecule has 5 nitrogen and oxygen atoms in total. The van der Waals surface area contributed by atoms with Crippen LogP contribution >= 0.6 is 15.9 Å². The van der Waals surface area contributed by atoms with Crippen LogP contribution in [-0.4, -0.2) is 22.6 Å². The maximum Gasteiger partial charge on any atom is 0.329 e. The van der Waals surface area contributed by atoms with E-state index < -0.39 is 17.5 Å². The molecule has 0 aliphatic carbocycles. The Morgan fingerprint density at radius 2 is 2.05 bits per heavy atom. The monoisotopic (exact) mass is 328 g/mol. The summed E-state index contributed by atoms with van der Waals surface area (Å²) in [5.74, 6) is -1.06. The molecular weight excluding hydrogens is 312 g/mol. The quantitative estimate of drug-likeness (QED) is 0.794. The molecule has 0 aromatic heterocycles. The molecule has 3 N–H and O–H groups in total. The molecule has 1 unspecified atom stereocenters. The van der Waals surface area contributed by atoms with Crippen molar-refractivity contribution in [2.45, 2.75) is 32.7 Å². The largest absolute Gasteiger partial charge is 0.480 e. The summed E-state index contributed by atoms with van der Waals surface area (Å²) in [6, 6.07) is 4.93. The second-order valence-corrected chi connectivity index (χ2v) is 5.41. The van der Waals surface area contributed by atoms with E-state index >= 15 is 0 Å². The summed E-state index contributed by atoms with van der Waals surface area (Å²) < 4.78 is 0.746. The van der Waals surface area contributed by atoms with Gasteiger partial charge in [0.2, 0.25) is 0 Å². The van der Waals surface area contributed by atoms with Gasteiger partial charge in [-0.05, 0) is 53.9 Å². The summed E-state index contributed by atoms with van der Waals surface area (Å²) in [7, 11) is 0. The number of urea groups is 1. The second kappa shape index (κ2) is 6.06. The summed E-state index contributed by atoms with van der Waals surface area (Å²) in [5, 5.41) is 14.2. The maximum atomic E-state index is 11.8. The lowest BCUT2D eigenvalue weighted by Gasteiger charge is -2.24. The lowest BCUT2D eigenvalue weighted by Crippen LogP contribution is -2.53. The van der Waals surface area contributed by atoms with Crippen LogP contribution in [-0.2, 0) is 4.79 Å². The average molecular weight is 329 g/mol. The van der Waals surface area contributed by atoms with Gasteiger partial charge in [-0.15, -0.1) is 0 Å². The zero-order valence-electron chi connectivity index (χ0n) is 11.1. The molecular formula is C13H17BrN2O3. The first-order chi connectivity index (χ1) is 8.78. The van der Waals surface area contributed by atoms with Crippen molar-refractivity contribution < 1.29 is 14.7 Å². The summed E-state index contributed by atoms with van der Waals surface area (Å²) in [4.78, 5) is 22.9. The van der Waals surface area contributed by atoms with E-state index in [1.165, 1.54) is 6.92 Å². The Morgan fingerprint density at radius 3 is 2.53 bits per heavy atom. The van der Waals surface area contributed by atoms with Crippen LogP contribution in [0.2, 0.25) is 0 Å². The molecule has 6 heteroatoms. The Labute approximate surface area is 120 Å². The highest BCUT2D eigenvalue weighted by Crippen LogP contribution is 2.23. The van der Waals surface area contributed by atoms with Crippen LogP contribution in [0, 0.1) is 6.92 Å². The van der Waals surface area contributed by atoms with Crippen molar-refractivity contribution in [1.29, 1.82) is 0 Å². The molecule has 0 bridgehead atoms. The number of aliphatic carboxylic acids is 1. The number of benzene rings is 1. The van der Waals surface area contributed by atoms with Gasteiger partial charge < -0.3 is 15.7 Å². The molecule has 1 aromatic carbocycles. The number of carboxylic acids is 1. The number of amides is 2. The highest BCUT2D eigenvalue weighted by atomic mass is 79.9. The van der Waals surface area contributed by atoms with E-state index in [2.05, 4.69) is 26.6 Å². The third kappa shape index (κ3) is 3.96. The van der Waals surface area contributed by atoms with E-state index in [1.807, 2.05) is 19.1 Å². The third-order valence-corrected chi connectivity index (χ3v) is 3.60. The molecule has 0 fully saturated rings. The fourth-order valence-electron chi connectivity index (χ4n) is 1.42. The number of carbonyl (C=O) groups excluding carboxylic acids is 1. The zero-order chi connectivity index (χ0) is 14.6. The minimum atomic E-state index is -1.28. The molecule has 0 saturated carbocycles. The molecule has 1 aromatic rings. The number of hydrogen-bond donors (Lipinski definition) is 3. The highest BCUT2D eigenvalue weighted by Gasteiger charge is 2.32. The molecule has 0 saturated heterocycles. The highest BCUT2D eigenvalue weighted by molar-refractivity contribution is 9.10. The molecule has 19 heavy (non-hydrogen) atoms. The number of anilines is 1. The van der Waals surface area contributed by atoms with Crippen LogP contribution in [0.25, 0.3) is 0 Å². The minimum Gasteiger partial charge on any atom is -0.480 e. The van der Waals surface area contributed by atoms with Crippen molar-refractivity contribution in [2.75, 3.05) is 5.32 Å². The smallest absolute Gasteiger partial charge is 0.329 e. The maximum absolute atomic E-state index is 11.8. The van der Waals surface area contributed by atoms with E-state index in [0.717, 1.165) is 10.0 Å². The number of hydrogen-bond acceptors (Lipinski definition) is 2. The van der Waals surface area contributed by atoms with Gasteiger partial charge in [-0.1, -0.05) is 13.0 Å². The van der Waals surface area contributed by atoms with Gasteiger partial charge in [0.1, 0.15) is 5.54 Å². The van der Waals surface area contributed by atoms with E-state index in [0.29, 0.717) is 12.1 Å².